The standard InChI is InChI=1S/C21H23ClF3NO5/c1-20(2,3)31-19(28)26-15-10-13(21(23,24)25)14(22)9-12(15)17(27)11-7-6-8-16(29-4)18(11)30-5/h6-10,17,27H,1-5H3,(H,26,28). The second-order valence-electron chi connectivity index (χ2n) is 7.53. The molecule has 0 saturated carbocycles. The lowest BCUT2D eigenvalue weighted by atomic mass is 9.97. The molecule has 1 unspecified atom stereocenters. The fourth-order valence-electron chi connectivity index (χ4n) is 2.85. The Kier molecular flexibility index (Phi) is 7.33. The first kappa shape index (κ1) is 24.6. The number of ether oxygens (including phenoxy) is 3. The van der Waals surface area contributed by atoms with Crippen LogP contribution in [0.1, 0.15) is 43.6 Å². The van der Waals surface area contributed by atoms with E-state index in [1.807, 2.05) is 0 Å². The van der Waals surface area contributed by atoms with E-state index in [4.69, 9.17) is 25.8 Å². The van der Waals surface area contributed by atoms with Crippen molar-refractivity contribution in [1.82, 2.24) is 0 Å². The van der Waals surface area contributed by atoms with Crippen LogP contribution in [0.25, 0.3) is 0 Å². The van der Waals surface area contributed by atoms with Gasteiger partial charge in [0.05, 0.1) is 30.5 Å². The summed E-state index contributed by atoms with van der Waals surface area (Å²) in [5.74, 6) is 0.482. The summed E-state index contributed by atoms with van der Waals surface area (Å²) in [4.78, 5) is 12.2. The van der Waals surface area contributed by atoms with Gasteiger partial charge in [-0.15, -0.1) is 0 Å². The number of nitrogens with one attached hydrogen (secondary N) is 1. The van der Waals surface area contributed by atoms with Crippen molar-refractivity contribution in [3.63, 3.8) is 0 Å². The number of rotatable bonds is 5. The summed E-state index contributed by atoms with van der Waals surface area (Å²) < 4.78 is 55.8. The molecule has 0 bridgehead atoms. The van der Waals surface area contributed by atoms with Gasteiger partial charge in [-0.3, -0.25) is 5.32 Å². The molecule has 2 rings (SSSR count). The van der Waals surface area contributed by atoms with Crippen molar-refractivity contribution in [2.24, 2.45) is 0 Å². The van der Waals surface area contributed by atoms with E-state index in [-0.39, 0.29) is 22.6 Å². The van der Waals surface area contributed by atoms with Crippen LogP contribution in [-0.4, -0.2) is 31.0 Å². The third kappa shape index (κ3) is 5.95. The van der Waals surface area contributed by atoms with E-state index in [2.05, 4.69) is 5.32 Å². The Balaban J connectivity index is 2.63. The van der Waals surface area contributed by atoms with E-state index in [9.17, 15) is 23.1 Å². The number of carbonyl (C=O) groups is 1. The zero-order valence-corrected chi connectivity index (χ0v) is 18.3. The Morgan fingerprint density at radius 2 is 1.74 bits per heavy atom. The van der Waals surface area contributed by atoms with Gasteiger partial charge in [0, 0.05) is 11.1 Å². The smallest absolute Gasteiger partial charge is 0.417 e. The highest BCUT2D eigenvalue weighted by atomic mass is 35.5. The van der Waals surface area contributed by atoms with E-state index in [1.165, 1.54) is 20.3 Å². The predicted molar refractivity (Wildman–Crippen MR) is 110 cm³/mol. The molecular formula is C21H23ClF3NO5. The van der Waals surface area contributed by atoms with Gasteiger partial charge in [-0.2, -0.15) is 13.2 Å². The summed E-state index contributed by atoms with van der Waals surface area (Å²) in [6, 6.07) is 6.27. The van der Waals surface area contributed by atoms with Gasteiger partial charge < -0.3 is 19.3 Å². The second-order valence-corrected chi connectivity index (χ2v) is 7.94. The topological polar surface area (TPSA) is 77.0 Å². The zero-order valence-electron chi connectivity index (χ0n) is 17.6. The number of methoxy groups -OCH3 is 2. The molecule has 0 heterocycles. The Morgan fingerprint density at radius 3 is 2.26 bits per heavy atom. The Bertz CT molecular complexity index is 957. The summed E-state index contributed by atoms with van der Waals surface area (Å²) >= 11 is 5.86. The molecule has 0 radical (unpaired) electrons. The first-order valence-electron chi connectivity index (χ1n) is 9.08. The monoisotopic (exact) mass is 461 g/mol. The fourth-order valence-corrected chi connectivity index (χ4v) is 3.13. The summed E-state index contributed by atoms with van der Waals surface area (Å²) in [6.45, 7) is 4.81. The highest BCUT2D eigenvalue weighted by Crippen LogP contribution is 2.43. The van der Waals surface area contributed by atoms with Crippen LogP contribution >= 0.6 is 11.6 Å². The number of hydrogen-bond donors (Lipinski definition) is 2. The van der Waals surface area contributed by atoms with E-state index in [0.717, 1.165) is 6.07 Å². The molecule has 1 amide bonds. The molecule has 0 aliphatic carbocycles. The van der Waals surface area contributed by atoms with Gasteiger partial charge >= 0.3 is 12.3 Å². The second kappa shape index (κ2) is 9.23. The molecule has 0 aliphatic heterocycles. The molecule has 0 spiro atoms. The quantitative estimate of drug-likeness (QED) is 0.588. The maximum atomic E-state index is 13.4. The van der Waals surface area contributed by atoms with Crippen LogP contribution in [0.3, 0.4) is 0 Å². The van der Waals surface area contributed by atoms with E-state index in [0.29, 0.717) is 11.8 Å². The minimum Gasteiger partial charge on any atom is -0.493 e. The van der Waals surface area contributed by atoms with E-state index >= 15 is 0 Å². The summed E-state index contributed by atoms with van der Waals surface area (Å²) in [7, 11) is 2.76. The van der Waals surface area contributed by atoms with Gasteiger partial charge in [-0.1, -0.05) is 23.7 Å². The molecule has 2 N–H and O–H groups in total. The number of carbonyl (C=O) groups excluding carboxylic acids is 1. The minimum absolute atomic E-state index is 0.0876. The van der Waals surface area contributed by atoms with Crippen molar-refractivity contribution in [2.75, 3.05) is 19.5 Å². The number of aliphatic hydroxyl groups excluding tert-OH is 1. The number of alkyl halides is 3. The first-order valence-corrected chi connectivity index (χ1v) is 9.46. The number of para-hydroxylation sites is 1. The van der Waals surface area contributed by atoms with Crippen molar-refractivity contribution in [3.8, 4) is 11.5 Å². The van der Waals surface area contributed by atoms with E-state index < -0.39 is 34.6 Å². The molecule has 0 fully saturated rings. The van der Waals surface area contributed by atoms with Gasteiger partial charge in [0.1, 0.15) is 11.7 Å². The van der Waals surface area contributed by atoms with Crippen LogP contribution < -0.4 is 14.8 Å². The SMILES string of the molecule is COc1cccc(C(O)c2cc(Cl)c(C(F)(F)F)cc2NC(=O)OC(C)(C)C)c1OC. The summed E-state index contributed by atoms with van der Waals surface area (Å²) in [6.07, 6.45) is -7.28. The van der Waals surface area contributed by atoms with Crippen LogP contribution in [0.2, 0.25) is 5.02 Å². The Hall–Kier alpha value is -2.65. The molecule has 6 nitrogen and oxygen atoms in total. The Labute approximate surface area is 182 Å². The summed E-state index contributed by atoms with van der Waals surface area (Å²) in [5.41, 5.74) is -2.27. The largest absolute Gasteiger partial charge is 0.493 e. The lowest BCUT2D eigenvalue weighted by molar-refractivity contribution is -0.137. The molecule has 0 aromatic heterocycles. The maximum Gasteiger partial charge on any atom is 0.417 e. The van der Waals surface area contributed by atoms with E-state index in [1.54, 1.807) is 32.9 Å². The van der Waals surface area contributed by atoms with Crippen LogP contribution in [0, 0.1) is 0 Å². The van der Waals surface area contributed by atoms with Crippen LogP contribution in [0.5, 0.6) is 11.5 Å². The molecule has 10 heteroatoms. The fraction of sp³-hybridized carbons (Fsp3) is 0.381. The third-order valence-electron chi connectivity index (χ3n) is 4.10. The third-order valence-corrected chi connectivity index (χ3v) is 4.42. The van der Waals surface area contributed by atoms with Crippen LogP contribution in [0.4, 0.5) is 23.7 Å². The van der Waals surface area contributed by atoms with Crippen LogP contribution in [-0.2, 0) is 10.9 Å². The van der Waals surface area contributed by atoms with Crippen LogP contribution in [0.15, 0.2) is 30.3 Å². The Morgan fingerprint density at radius 1 is 1.10 bits per heavy atom. The summed E-state index contributed by atoms with van der Waals surface area (Å²) in [5, 5.41) is 12.6. The first-order chi connectivity index (χ1) is 14.3. The average molecular weight is 462 g/mol. The molecule has 0 saturated heterocycles. The number of amides is 1. The maximum absolute atomic E-state index is 13.4. The minimum atomic E-state index is -4.78. The van der Waals surface area contributed by atoms with Gasteiger partial charge in [-0.25, -0.2) is 4.79 Å². The highest BCUT2D eigenvalue weighted by molar-refractivity contribution is 6.31. The number of aliphatic hydroxyl groups is 1. The molecule has 0 aliphatic rings. The van der Waals surface area contributed by atoms with Gasteiger partial charge in [0.25, 0.3) is 0 Å². The van der Waals surface area contributed by atoms with Gasteiger partial charge in [-0.05, 0) is 39.0 Å². The molecule has 1 atom stereocenters. The molecule has 170 valence electrons. The van der Waals surface area contributed by atoms with Gasteiger partial charge in [0.2, 0.25) is 0 Å². The molecule has 31 heavy (non-hydrogen) atoms. The predicted octanol–water partition coefficient (Wildman–Crippen LogP) is 5.80. The number of anilines is 1. The van der Waals surface area contributed by atoms with Crippen molar-refractivity contribution in [1.29, 1.82) is 0 Å². The van der Waals surface area contributed by atoms with Crippen molar-refractivity contribution < 1.29 is 37.3 Å². The highest BCUT2D eigenvalue weighted by Gasteiger charge is 2.35. The normalized spacial score (nSPS) is 12.8. The molecule has 2 aromatic carbocycles. The van der Waals surface area contributed by atoms with Crippen molar-refractivity contribution in [2.45, 2.75) is 38.7 Å². The number of halogens is 4. The van der Waals surface area contributed by atoms with Crippen molar-refractivity contribution >= 4 is 23.4 Å². The molecule has 2 aromatic rings. The zero-order chi connectivity index (χ0) is 23.6. The average Bonchev–Trinajstić information content (AvgIpc) is 2.65. The number of benzene rings is 2. The molecular weight excluding hydrogens is 439 g/mol. The lowest BCUT2D eigenvalue weighted by Gasteiger charge is -2.24. The lowest BCUT2D eigenvalue weighted by Crippen LogP contribution is -2.28. The number of hydrogen-bond acceptors (Lipinski definition) is 5. The van der Waals surface area contributed by atoms with Crippen molar-refractivity contribution in [3.05, 3.63) is 52.0 Å². The van der Waals surface area contributed by atoms with Gasteiger partial charge in [0.15, 0.2) is 11.5 Å².